The Kier molecular flexibility index (Phi) is 1.49. The fourth-order valence-electron chi connectivity index (χ4n) is 1.27. The molecule has 3 nitrogen and oxygen atoms in total. The summed E-state index contributed by atoms with van der Waals surface area (Å²) in [6, 6.07) is 2.31. The molecule has 1 aliphatic rings. The van der Waals surface area contributed by atoms with Gasteiger partial charge in [0.25, 0.3) is 0 Å². The van der Waals surface area contributed by atoms with Crippen LogP contribution in [0, 0.1) is 0 Å². The second-order valence-electron chi connectivity index (χ2n) is 2.92. The van der Waals surface area contributed by atoms with Crippen molar-refractivity contribution in [2.75, 3.05) is 0 Å². The van der Waals surface area contributed by atoms with E-state index in [0.717, 1.165) is 6.29 Å². The molecular weight excluding hydrogens is 140 g/mol. The van der Waals surface area contributed by atoms with E-state index in [1.165, 1.54) is 19.3 Å². The average Bonchev–Trinajstić information content (AvgIpc) is 2.32. The third-order valence-electron chi connectivity index (χ3n) is 2.20. The number of carbonyl (C=O) groups excluding carboxylic acids is 1. The van der Waals surface area contributed by atoms with Crippen LogP contribution in [-0.4, -0.2) is 16.1 Å². The number of rotatable bonds is 2. The van der Waals surface area contributed by atoms with E-state index >= 15 is 0 Å². The monoisotopic (exact) mass is 150 g/mol. The van der Waals surface area contributed by atoms with Gasteiger partial charge in [0.1, 0.15) is 5.69 Å². The molecule has 0 radical (unpaired) electrons. The maximum absolute atomic E-state index is 10.3. The van der Waals surface area contributed by atoms with Crippen molar-refractivity contribution < 1.29 is 4.79 Å². The Morgan fingerprint density at radius 2 is 2.45 bits per heavy atom. The third-order valence-corrected chi connectivity index (χ3v) is 2.20. The van der Waals surface area contributed by atoms with Crippen molar-refractivity contribution in [3.8, 4) is 0 Å². The summed E-state index contributed by atoms with van der Waals surface area (Å²) in [5.41, 5.74) is 0.539. The van der Waals surface area contributed by atoms with Gasteiger partial charge in [-0.1, -0.05) is 0 Å². The van der Waals surface area contributed by atoms with Gasteiger partial charge in [0.15, 0.2) is 6.29 Å². The van der Waals surface area contributed by atoms with E-state index in [1.54, 1.807) is 6.07 Å². The molecule has 3 heteroatoms. The number of hydrogen-bond acceptors (Lipinski definition) is 2. The minimum atomic E-state index is 0.539. The summed E-state index contributed by atoms with van der Waals surface area (Å²) in [6.45, 7) is 0. The third kappa shape index (κ3) is 1.06. The highest BCUT2D eigenvalue weighted by molar-refractivity contribution is 5.71. The number of aromatic nitrogens is 2. The van der Waals surface area contributed by atoms with Crippen LogP contribution in [0.2, 0.25) is 0 Å². The fraction of sp³-hybridized carbons (Fsp3) is 0.500. The van der Waals surface area contributed by atoms with Gasteiger partial charge in [-0.15, -0.1) is 0 Å². The van der Waals surface area contributed by atoms with Crippen molar-refractivity contribution in [1.29, 1.82) is 0 Å². The van der Waals surface area contributed by atoms with Crippen LogP contribution in [0.5, 0.6) is 0 Å². The summed E-state index contributed by atoms with van der Waals surface area (Å²) in [6.07, 6.45) is 6.38. The fourth-order valence-corrected chi connectivity index (χ4v) is 1.27. The molecule has 2 rings (SSSR count). The molecule has 0 aromatic carbocycles. The number of nitrogens with zero attached hydrogens (tertiary/aromatic N) is 2. The number of carbonyl (C=O) groups is 1. The standard InChI is InChI=1S/C8H10N2O/c11-6-7-4-5-10(9-7)8-2-1-3-8/h4-6,8H,1-3H2. The van der Waals surface area contributed by atoms with Crippen molar-refractivity contribution in [2.24, 2.45) is 0 Å². The molecule has 1 aromatic heterocycles. The van der Waals surface area contributed by atoms with Crippen LogP contribution < -0.4 is 0 Å². The topological polar surface area (TPSA) is 34.9 Å². The molecule has 0 unspecified atom stereocenters. The van der Waals surface area contributed by atoms with Gasteiger partial charge in [-0.3, -0.25) is 9.48 Å². The van der Waals surface area contributed by atoms with Gasteiger partial charge in [-0.2, -0.15) is 5.10 Å². The van der Waals surface area contributed by atoms with Gasteiger partial charge < -0.3 is 0 Å². The minimum Gasteiger partial charge on any atom is -0.296 e. The molecule has 1 heterocycles. The van der Waals surface area contributed by atoms with Crippen LogP contribution in [0.1, 0.15) is 35.8 Å². The first-order valence-corrected chi connectivity index (χ1v) is 3.90. The zero-order chi connectivity index (χ0) is 7.68. The Balaban J connectivity index is 2.17. The van der Waals surface area contributed by atoms with Crippen LogP contribution in [-0.2, 0) is 0 Å². The normalized spacial score (nSPS) is 17.8. The molecule has 1 fully saturated rings. The van der Waals surface area contributed by atoms with Crippen molar-refractivity contribution in [3.63, 3.8) is 0 Å². The van der Waals surface area contributed by atoms with Crippen molar-refractivity contribution in [1.82, 2.24) is 9.78 Å². The first-order chi connectivity index (χ1) is 5.40. The largest absolute Gasteiger partial charge is 0.296 e. The molecule has 0 spiro atoms. The van der Waals surface area contributed by atoms with Gasteiger partial charge in [0.05, 0.1) is 6.04 Å². The highest BCUT2D eigenvalue weighted by Gasteiger charge is 2.19. The maximum Gasteiger partial charge on any atom is 0.170 e. The molecule has 58 valence electrons. The molecular formula is C8H10N2O. The van der Waals surface area contributed by atoms with Crippen molar-refractivity contribution in [3.05, 3.63) is 18.0 Å². The Morgan fingerprint density at radius 3 is 2.91 bits per heavy atom. The van der Waals surface area contributed by atoms with Gasteiger partial charge in [-0.25, -0.2) is 0 Å². The molecule has 0 saturated heterocycles. The van der Waals surface area contributed by atoms with E-state index in [-0.39, 0.29) is 0 Å². The van der Waals surface area contributed by atoms with Gasteiger partial charge in [-0.05, 0) is 25.3 Å². The predicted octanol–water partition coefficient (Wildman–Crippen LogP) is 1.42. The van der Waals surface area contributed by atoms with Crippen molar-refractivity contribution in [2.45, 2.75) is 25.3 Å². The zero-order valence-corrected chi connectivity index (χ0v) is 6.23. The lowest BCUT2D eigenvalue weighted by Gasteiger charge is -2.25. The minimum absolute atomic E-state index is 0.539. The summed E-state index contributed by atoms with van der Waals surface area (Å²) in [5.74, 6) is 0. The highest BCUT2D eigenvalue weighted by Crippen LogP contribution is 2.30. The smallest absolute Gasteiger partial charge is 0.170 e. The first kappa shape index (κ1) is 6.58. The molecule has 1 aromatic rings. The molecule has 1 saturated carbocycles. The lowest BCUT2D eigenvalue weighted by Crippen LogP contribution is -2.17. The Morgan fingerprint density at radius 1 is 1.64 bits per heavy atom. The summed E-state index contributed by atoms with van der Waals surface area (Å²) < 4.78 is 1.90. The van der Waals surface area contributed by atoms with Gasteiger partial charge in [0, 0.05) is 6.20 Å². The zero-order valence-electron chi connectivity index (χ0n) is 6.23. The van der Waals surface area contributed by atoms with Gasteiger partial charge in [0.2, 0.25) is 0 Å². The molecule has 11 heavy (non-hydrogen) atoms. The van der Waals surface area contributed by atoms with Crippen LogP contribution in [0.3, 0.4) is 0 Å². The lowest BCUT2D eigenvalue weighted by atomic mass is 9.93. The Bertz CT molecular complexity index is 263. The molecule has 0 amide bonds. The molecule has 0 atom stereocenters. The highest BCUT2D eigenvalue weighted by atomic mass is 16.1. The van der Waals surface area contributed by atoms with E-state index in [1.807, 2.05) is 10.9 Å². The van der Waals surface area contributed by atoms with E-state index in [2.05, 4.69) is 5.10 Å². The summed E-state index contributed by atoms with van der Waals surface area (Å²) in [4.78, 5) is 10.3. The quantitative estimate of drug-likeness (QED) is 0.597. The second-order valence-corrected chi connectivity index (χ2v) is 2.92. The maximum atomic E-state index is 10.3. The Hall–Kier alpha value is -1.12. The van der Waals surface area contributed by atoms with E-state index < -0.39 is 0 Å². The summed E-state index contributed by atoms with van der Waals surface area (Å²) in [7, 11) is 0. The number of aldehydes is 1. The van der Waals surface area contributed by atoms with Crippen LogP contribution in [0.15, 0.2) is 12.3 Å². The lowest BCUT2D eigenvalue weighted by molar-refractivity contribution is 0.111. The second kappa shape index (κ2) is 2.49. The molecule has 0 aliphatic heterocycles. The predicted molar refractivity (Wildman–Crippen MR) is 40.5 cm³/mol. The van der Waals surface area contributed by atoms with Crippen LogP contribution >= 0.6 is 0 Å². The van der Waals surface area contributed by atoms with E-state index in [4.69, 9.17) is 0 Å². The molecule has 1 aliphatic carbocycles. The van der Waals surface area contributed by atoms with Crippen molar-refractivity contribution >= 4 is 6.29 Å². The van der Waals surface area contributed by atoms with Crippen LogP contribution in [0.25, 0.3) is 0 Å². The Labute approximate surface area is 65.0 Å². The SMILES string of the molecule is O=Cc1ccn(C2CCC2)n1. The summed E-state index contributed by atoms with van der Waals surface area (Å²) >= 11 is 0. The molecule has 0 bridgehead atoms. The van der Waals surface area contributed by atoms with E-state index in [9.17, 15) is 4.79 Å². The first-order valence-electron chi connectivity index (χ1n) is 3.90. The van der Waals surface area contributed by atoms with Gasteiger partial charge >= 0.3 is 0 Å². The van der Waals surface area contributed by atoms with Crippen LogP contribution in [0.4, 0.5) is 0 Å². The average molecular weight is 150 g/mol. The molecule has 0 N–H and O–H groups in total. The summed E-state index contributed by atoms with van der Waals surface area (Å²) in [5, 5.41) is 4.10. The number of hydrogen-bond donors (Lipinski definition) is 0. The van der Waals surface area contributed by atoms with E-state index in [0.29, 0.717) is 11.7 Å².